The minimum atomic E-state index is -1.05. The Balaban J connectivity index is 1.58. The van der Waals surface area contributed by atoms with Crippen molar-refractivity contribution in [2.45, 2.75) is 18.4 Å². The van der Waals surface area contributed by atoms with Gasteiger partial charge in [0, 0.05) is 23.9 Å². The summed E-state index contributed by atoms with van der Waals surface area (Å²) in [6, 6.07) is 13.0. The number of carbonyl (C=O) groups is 3. The molecule has 0 saturated carbocycles. The molecule has 0 aliphatic carbocycles. The van der Waals surface area contributed by atoms with Crippen molar-refractivity contribution in [3.05, 3.63) is 58.3 Å². The van der Waals surface area contributed by atoms with E-state index in [0.29, 0.717) is 6.42 Å². The predicted molar refractivity (Wildman–Crippen MR) is 102 cm³/mol. The molecule has 1 aromatic heterocycles. The van der Waals surface area contributed by atoms with Crippen LogP contribution in [-0.4, -0.2) is 58.7 Å². The average Bonchev–Trinajstić information content (AvgIpc) is 3.41. The Morgan fingerprint density at radius 2 is 1.93 bits per heavy atom. The molecule has 0 spiro atoms. The topological polar surface area (TPSA) is 87.2 Å². The van der Waals surface area contributed by atoms with E-state index in [9.17, 15) is 19.5 Å². The van der Waals surface area contributed by atoms with Gasteiger partial charge in [-0.3, -0.25) is 4.79 Å². The van der Waals surface area contributed by atoms with Crippen LogP contribution in [0.2, 0.25) is 0 Å². The standard InChI is InChI=1S/C20H20N2O5S/c23-18(16-11-21(19(24)25)10-15(16)17-7-4-8-28-17)22-14(12-27-20(22)26)9-13-5-2-1-3-6-13/h1-8,14-16H,9-12H2,(H,24,25)/t14-,15-,16-/m1/s1. The Kier molecular flexibility index (Phi) is 5.04. The average molecular weight is 400 g/mol. The third kappa shape index (κ3) is 3.47. The van der Waals surface area contributed by atoms with E-state index in [1.807, 2.05) is 47.8 Å². The third-order valence-electron chi connectivity index (χ3n) is 5.33. The molecule has 1 N–H and O–H groups in total. The lowest BCUT2D eigenvalue weighted by Crippen LogP contribution is -2.45. The molecule has 2 aliphatic rings. The molecule has 2 aromatic rings. The van der Waals surface area contributed by atoms with Gasteiger partial charge in [0.2, 0.25) is 5.91 Å². The van der Waals surface area contributed by atoms with E-state index >= 15 is 0 Å². The van der Waals surface area contributed by atoms with Crippen molar-refractivity contribution in [1.82, 2.24) is 9.80 Å². The second-order valence-corrected chi connectivity index (χ2v) is 8.02. The molecular formula is C20H20N2O5S. The summed E-state index contributed by atoms with van der Waals surface area (Å²) in [5.41, 5.74) is 1.01. The monoisotopic (exact) mass is 400 g/mol. The first kappa shape index (κ1) is 18.5. The first-order valence-electron chi connectivity index (χ1n) is 9.09. The second kappa shape index (κ2) is 7.63. The van der Waals surface area contributed by atoms with Crippen LogP contribution >= 0.6 is 11.3 Å². The van der Waals surface area contributed by atoms with E-state index in [1.54, 1.807) is 0 Å². The van der Waals surface area contributed by atoms with Crippen molar-refractivity contribution in [3.8, 4) is 0 Å². The van der Waals surface area contributed by atoms with Gasteiger partial charge >= 0.3 is 12.2 Å². The fraction of sp³-hybridized carbons (Fsp3) is 0.350. The number of hydrogen-bond donors (Lipinski definition) is 1. The van der Waals surface area contributed by atoms with Gasteiger partial charge in [0.15, 0.2) is 0 Å². The van der Waals surface area contributed by atoms with Gasteiger partial charge in [-0.25, -0.2) is 14.5 Å². The number of likely N-dealkylation sites (tertiary alicyclic amines) is 1. The van der Waals surface area contributed by atoms with Crippen LogP contribution in [0.4, 0.5) is 9.59 Å². The molecule has 3 amide bonds. The summed E-state index contributed by atoms with van der Waals surface area (Å²) in [4.78, 5) is 40.6. The van der Waals surface area contributed by atoms with E-state index in [0.717, 1.165) is 10.4 Å². The zero-order valence-electron chi connectivity index (χ0n) is 15.1. The van der Waals surface area contributed by atoms with Crippen molar-refractivity contribution in [3.63, 3.8) is 0 Å². The molecule has 2 aliphatic heterocycles. The van der Waals surface area contributed by atoms with Crippen molar-refractivity contribution >= 4 is 29.4 Å². The highest BCUT2D eigenvalue weighted by molar-refractivity contribution is 7.10. The Morgan fingerprint density at radius 3 is 2.61 bits per heavy atom. The Hall–Kier alpha value is -2.87. The normalized spacial score (nSPS) is 24.4. The summed E-state index contributed by atoms with van der Waals surface area (Å²) in [6.45, 7) is 0.482. The van der Waals surface area contributed by atoms with Gasteiger partial charge in [0.05, 0.1) is 12.0 Å². The van der Waals surface area contributed by atoms with Crippen LogP contribution in [0.5, 0.6) is 0 Å². The number of nitrogens with zero attached hydrogens (tertiary/aromatic N) is 2. The van der Waals surface area contributed by atoms with Crippen LogP contribution in [0.15, 0.2) is 47.8 Å². The van der Waals surface area contributed by atoms with Crippen molar-refractivity contribution in [1.29, 1.82) is 0 Å². The zero-order valence-corrected chi connectivity index (χ0v) is 15.9. The number of rotatable bonds is 4. The summed E-state index contributed by atoms with van der Waals surface area (Å²) >= 11 is 1.50. The summed E-state index contributed by atoms with van der Waals surface area (Å²) < 4.78 is 5.17. The number of hydrogen-bond acceptors (Lipinski definition) is 5. The summed E-state index contributed by atoms with van der Waals surface area (Å²) in [5, 5.41) is 11.3. The first-order valence-corrected chi connectivity index (χ1v) is 9.97. The highest BCUT2D eigenvalue weighted by atomic mass is 32.1. The number of amides is 3. The van der Waals surface area contributed by atoms with E-state index in [1.165, 1.54) is 21.1 Å². The molecule has 3 heterocycles. The molecule has 0 radical (unpaired) electrons. The molecule has 146 valence electrons. The lowest BCUT2D eigenvalue weighted by Gasteiger charge is -2.25. The highest BCUT2D eigenvalue weighted by Gasteiger charge is 2.47. The van der Waals surface area contributed by atoms with Crippen molar-refractivity contribution in [2.24, 2.45) is 5.92 Å². The molecule has 8 heteroatoms. The molecule has 4 rings (SSSR count). The molecule has 1 aromatic carbocycles. The van der Waals surface area contributed by atoms with Crippen molar-refractivity contribution < 1.29 is 24.2 Å². The fourth-order valence-electron chi connectivity index (χ4n) is 3.95. The van der Waals surface area contributed by atoms with Crippen molar-refractivity contribution in [2.75, 3.05) is 19.7 Å². The Labute approximate surface area is 166 Å². The smallest absolute Gasteiger partial charge is 0.416 e. The van der Waals surface area contributed by atoms with Crippen LogP contribution in [0.3, 0.4) is 0 Å². The van der Waals surface area contributed by atoms with Gasteiger partial charge in [0.25, 0.3) is 0 Å². The maximum Gasteiger partial charge on any atom is 0.416 e. The minimum Gasteiger partial charge on any atom is -0.465 e. The van der Waals surface area contributed by atoms with E-state index in [-0.39, 0.29) is 37.6 Å². The Bertz CT molecular complexity index is 870. The molecular weight excluding hydrogens is 380 g/mol. The number of carbonyl (C=O) groups excluding carboxylic acids is 2. The summed E-state index contributed by atoms with van der Waals surface area (Å²) in [5.74, 6) is -1.21. The van der Waals surface area contributed by atoms with Gasteiger partial charge < -0.3 is 14.7 Å². The number of imide groups is 1. The molecule has 7 nitrogen and oxygen atoms in total. The largest absolute Gasteiger partial charge is 0.465 e. The fourth-order valence-corrected chi connectivity index (χ4v) is 4.83. The molecule has 3 atom stereocenters. The first-order chi connectivity index (χ1) is 13.5. The Morgan fingerprint density at radius 1 is 1.14 bits per heavy atom. The van der Waals surface area contributed by atoms with Crippen LogP contribution in [0.25, 0.3) is 0 Å². The zero-order chi connectivity index (χ0) is 19.7. The molecule has 2 saturated heterocycles. The molecule has 0 unspecified atom stereocenters. The number of thiophene rings is 1. The number of benzene rings is 1. The maximum atomic E-state index is 13.3. The summed E-state index contributed by atoms with van der Waals surface area (Å²) in [6.07, 6.45) is -1.19. The predicted octanol–water partition coefficient (Wildman–Crippen LogP) is 3.03. The molecule has 0 bridgehead atoms. The van der Waals surface area contributed by atoms with Gasteiger partial charge in [-0.15, -0.1) is 11.3 Å². The number of cyclic esters (lactones) is 1. The third-order valence-corrected chi connectivity index (χ3v) is 6.33. The number of carboxylic acid groups (broad SMARTS) is 1. The van der Waals surface area contributed by atoms with Crippen LogP contribution in [0, 0.1) is 5.92 Å². The second-order valence-electron chi connectivity index (χ2n) is 7.04. The number of ether oxygens (including phenoxy) is 1. The van der Waals surface area contributed by atoms with Crippen LogP contribution in [0.1, 0.15) is 16.4 Å². The molecule has 2 fully saturated rings. The SMILES string of the molecule is O=C(O)N1C[C@@H](C(=O)N2C(=O)OC[C@H]2Cc2ccccc2)[C@H](c2cccs2)C1. The lowest BCUT2D eigenvalue weighted by atomic mass is 9.92. The van der Waals surface area contributed by atoms with Gasteiger partial charge in [-0.2, -0.15) is 0 Å². The lowest BCUT2D eigenvalue weighted by molar-refractivity contribution is -0.133. The van der Waals surface area contributed by atoms with E-state index in [2.05, 4.69) is 0 Å². The molecule has 28 heavy (non-hydrogen) atoms. The highest BCUT2D eigenvalue weighted by Crippen LogP contribution is 2.37. The quantitative estimate of drug-likeness (QED) is 0.852. The van der Waals surface area contributed by atoms with E-state index in [4.69, 9.17) is 4.74 Å². The maximum absolute atomic E-state index is 13.3. The van der Waals surface area contributed by atoms with Crippen LogP contribution < -0.4 is 0 Å². The van der Waals surface area contributed by atoms with E-state index < -0.39 is 18.1 Å². The van der Waals surface area contributed by atoms with Crippen LogP contribution in [-0.2, 0) is 16.0 Å². The van der Waals surface area contributed by atoms with Gasteiger partial charge in [-0.05, 0) is 23.4 Å². The van der Waals surface area contributed by atoms with Gasteiger partial charge in [0.1, 0.15) is 6.61 Å². The minimum absolute atomic E-state index is 0.0819. The van der Waals surface area contributed by atoms with Gasteiger partial charge in [-0.1, -0.05) is 36.4 Å². The summed E-state index contributed by atoms with van der Waals surface area (Å²) in [7, 11) is 0.